The van der Waals surface area contributed by atoms with Gasteiger partial charge in [-0.25, -0.2) is 0 Å². The lowest BCUT2D eigenvalue weighted by Gasteiger charge is -2.18. The summed E-state index contributed by atoms with van der Waals surface area (Å²) in [7, 11) is 1.61. The van der Waals surface area contributed by atoms with Gasteiger partial charge in [0.05, 0.1) is 7.11 Å². The number of nitro groups is 1. The summed E-state index contributed by atoms with van der Waals surface area (Å²) in [6, 6.07) is 7.44. The lowest BCUT2D eigenvalue weighted by molar-refractivity contribution is -0.536. The van der Waals surface area contributed by atoms with Crippen LogP contribution in [0.15, 0.2) is 29.2 Å². The van der Waals surface area contributed by atoms with E-state index in [2.05, 4.69) is 0 Å². The maximum absolute atomic E-state index is 11.2. The summed E-state index contributed by atoms with van der Waals surface area (Å²) in [6.07, 6.45) is 3.22. The summed E-state index contributed by atoms with van der Waals surface area (Å²) in [4.78, 5) is 11.2. The summed E-state index contributed by atoms with van der Waals surface area (Å²) < 4.78 is 5.07. The van der Waals surface area contributed by atoms with Crippen molar-refractivity contribution >= 4 is 11.8 Å². The zero-order chi connectivity index (χ0) is 12.3. The van der Waals surface area contributed by atoms with E-state index in [4.69, 9.17) is 4.74 Å². The first-order chi connectivity index (χ1) is 8.16. The molecule has 92 valence electrons. The van der Waals surface area contributed by atoms with Crippen molar-refractivity contribution in [2.24, 2.45) is 0 Å². The Balaban J connectivity index is 2.15. The first-order valence-electron chi connectivity index (χ1n) is 5.64. The molecule has 1 aliphatic carbocycles. The molecule has 2 rings (SSSR count). The second kappa shape index (κ2) is 4.96. The molecule has 0 N–H and O–H groups in total. The molecule has 1 saturated carbocycles. The molecule has 0 aliphatic heterocycles. The monoisotopic (exact) mass is 253 g/mol. The standard InChI is InChI=1S/C12H15NO3S/c1-16-10-4-6-11(7-5-10)17-12(13(14)15)8-2-3-9-12/h4-7H,2-3,8-9H2,1H3. The molecule has 0 bridgehead atoms. The van der Waals surface area contributed by atoms with Gasteiger partial charge in [-0.2, -0.15) is 0 Å². The number of rotatable bonds is 4. The van der Waals surface area contributed by atoms with Gasteiger partial charge >= 0.3 is 0 Å². The Hall–Kier alpha value is -1.23. The SMILES string of the molecule is COc1ccc(SC2([N+](=O)[O-])CCCC2)cc1. The van der Waals surface area contributed by atoms with E-state index in [1.54, 1.807) is 7.11 Å². The molecule has 0 unspecified atom stereocenters. The van der Waals surface area contributed by atoms with Crippen molar-refractivity contribution in [3.8, 4) is 5.75 Å². The maximum Gasteiger partial charge on any atom is 0.271 e. The largest absolute Gasteiger partial charge is 0.497 e. The number of hydrogen-bond donors (Lipinski definition) is 0. The molecular formula is C12H15NO3S. The summed E-state index contributed by atoms with van der Waals surface area (Å²) in [5.74, 6) is 0.774. The Morgan fingerprint density at radius 3 is 2.35 bits per heavy atom. The summed E-state index contributed by atoms with van der Waals surface area (Å²) in [5.41, 5.74) is 0. The molecule has 0 heterocycles. The van der Waals surface area contributed by atoms with Crippen molar-refractivity contribution in [3.05, 3.63) is 34.4 Å². The molecule has 1 aromatic rings. The van der Waals surface area contributed by atoms with Gasteiger partial charge in [0.1, 0.15) is 5.75 Å². The summed E-state index contributed by atoms with van der Waals surface area (Å²) in [5, 5.41) is 11.2. The van der Waals surface area contributed by atoms with E-state index < -0.39 is 4.87 Å². The molecule has 1 aliphatic rings. The highest BCUT2D eigenvalue weighted by Gasteiger charge is 2.46. The van der Waals surface area contributed by atoms with Crippen LogP contribution in [0.25, 0.3) is 0 Å². The second-order valence-electron chi connectivity index (χ2n) is 4.19. The van der Waals surface area contributed by atoms with Crippen LogP contribution in [0, 0.1) is 10.1 Å². The Morgan fingerprint density at radius 2 is 1.88 bits per heavy atom. The predicted molar refractivity (Wildman–Crippen MR) is 67.0 cm³/mol. The molecule has 0 radical (unpaired) electrons. The van der Waals surface area contributed by atoms with Crippen molar-refractivity contribution in [2.45, 2.75) is 35.4 Å². The molecule has 1 fully saturated rings. The van der Waals surface area contributed by atoms with Crippen LogP contribution in [0.2, 0.25) is 0 Å². The van der Waals surface area contributed by atoms with Crippen molar-refractivity contribution in [1.29, 1.82) is 0 Å². The van der Waals surface area contributed by atoms with Crippen LogP contribution in [-0.2, 0) is 0 Å². The van der Waals surface area contributed by atoms with E-state index in [1.807, 2.05) is 24.3 Å². The molecular weight excluding hydrogens is 238 g/mol. The van der Waals surface area contributed by atoms with Crippen molar-refractivity contribution < 1.29 is 9.66 Å². The molecule has 0 aromatic heterocycles. The molecule has 5 heteroatoms. The maximum atomic E-state index is 11.2. The third kappa shape index (κ3) is 2.54. The van der Waals surface area contributed by atoms with Crippen LogP contribution in [0.3, 0.4) is 0 Å². The zero-order valence-electron chi connectivity index (χ0n) is 9.72. The van der Waals surface area contributed by atoms with Gasteiger partial charge in [0, 0.05) is 22.7 Å². The Labute approximate surface area is 105 Å². The average Bonchev–Trinajstić information content (AvgIpc) is 2.80. The highest BCUT2D eigenvalue weighted by molar-refractivity contribution is 8.00. The quantitative estimate of drug-likeness (QED) is 0.469. The fourth-order valence-electron chi connectivity index (χ4n) is 2.11. The molecule has 17 heavy (non-hydrogen) atoms. The average molecular weight is 253 g/mol. The van der Waals surface area contributed by atoms with Gasteiger partial charge in [-0.15, -0.1) is 0 Å². The van der Waals surface area contributed by atoms with Crippen molar-refractivity contribution in [2.75, 3.05) is 7.11 Å². The van der Waals surface area contributed by atoms with Gasteiger partial charge in [-0.1, -0.05) is 0 Å². The minimum absolute atomic E-state index is 0.116. The smallest absolute Gasteiger partial charge is 0.271 e. The Bertz CT molecular complexity index is 399. The van der Waals surface area contributed by atoms with Gasteiger partial charge in [-0.3, -0.25) is 10.1 Å². The topological polar surface area (TPSA) is 52.4 Å². The number of benzene rings is 1. The lowest BCUT2D eigenvalue weighted by atomic mass is 10.2. The molecule has 1 aromatic carbocycles. The van der Waals surface area contributed by atoms with Crippen molar-refractivity contribution in [3.63, 3.8) is 0 Å². The highest BCUT2D eigenvalue weighted by atomic mass is 32.2. The number of nitrogens with zero attached hydrogens (tertiary/aromatic N) is 1. The highest BCUT2D eigenvalue weighted by Crippen LogP contribution is 2.45. The molecule has 0 atom stereocenters. The van der Waals surface area contributed by atoms with Crippen LogP contribution < -0.4 is 4.74 Å². The number of methoxy groups -OCH3 is 1. The fraction of sp³-hybridized carbons (Fsp3) is 0.500. The van der Waals surface area contributed by atoms with Crippen LogP contribution in [0.1, 0.15) is 25.7 Å². The minimum Gasteiger partial charge on any atom is -0.497 e. The van der Waals surface area contributed by atoms with Gasteiger partial charge < -0.3 is 4.74 Å². The zero-order valence-corrected chi connectivity index (χ0v) is 10.5. The van der Waals surface area contributed by atoms with Crippen LogP contribution in [0.5, 0.6) is 5.75 Å². The van der Waals surface area contributed by atoms with E-state index in [0.717, 1.165) is 23.5 Å². The Kier molecular flexibility index (Phi) is 3.57. The van der Waals surface area contributed by atoms with E-state index in [1.165, 1.54) is 11.8 Å². The van der Waals surface area contributed by atoms with Crippen molar-refractivity contribution in [1.82, 2.24) is 0 Å². The molecule has 0 amide bonds. The third-order valence-corrected chi connectivity index (χ3v) is 4.53. The van der Waals surface area contributed by atoms with Crippen LogP contribution >= 0.6 is 11.8 Å². The Morgan fingerprint density at radius 1 is 1.29 bits per heavy atom. The molecule has 0 saturated heterocycles. The molecule has 4 nitrogen and oxygen atoms in total. The first-order valence-corrected chi connectivity index (χ1v) is 6.45. The normalized spacial score (nSPS) is 17.9. The lowest BCUT2D eigenvalue weighted by Crippen LogP contribution is -2.30. The number of hydrogen-bond acceptors (Lipinski definition) is 4. The molecule has 0 spiro atoms. The predicted octanol–water partition coefficient (Wildman–Crippen LogP) is 3.33. The van der Waals surface area contributed by atoms with Gasteiger partial charge in [0.25, 0.3) is 4.87 Å². The minimum atomic E-state index is -0.811. The summed E-state index contributed by atoms with van der Waals surface area (Å²) in [6.45, 7) is 0. The van der Waals surface area contributed by atoms with Gasteiger partial charge in [0.15, 0.2) is 0 Å². The van der Waals surface area contributed by atoms with E-state index >= 15 is 0 Å². The second-order valence-corrected chi connectivity index (χ2v) is 5.62. The van der Waals surface area contributed by atoms with Crippen LogP contribution in [0.4, 0.5) is 0 Å². The summed E-state index contributed by atoms with van der Waals surface area (Å²) >= 11 is 1.37. The fourth-order valence-corrected chi connectivity index (χ4v) is 3.39. The van der Waals surface area contributed by atoms with E-state index in [-0.39, 0.29) is 4.92 Å². The van der Waals surface area contributed by atoms with Gasteiger partial charge in [0.2, 0.25) is 0 Å². The van der Waals surface area contributed by atoms with Gasteiger partial charge in [-0.05, 0) is 48.9 Å². The third-order valence-electron chi connectivity index (χ3n) is 3.08. The number of ether oxygens (including phenoxy) is 1. The number of thioether (sulfide) groups is 1. The van der Waals surface area contributed by atoms with Crippen LogP contribution in [-0.4, -0.2) is 16.9 Å². The first kappa shape index (κ1) is 12.2. The van der Waals surface area contributed by atoms with E-state index in [9.17, 15) is 10.1 Å². The van der Waals surface area contributed by atoms with E-state index in [0.29, 0.717) is 12.8 Å².